The third kappa shape index (κ3) is 8.62. The van der Waals surface area contributed by atoms with Crippen LogP contribution in [0.15, 0.2) is 28.7 Å². The zero-order valence-corrected chi connectivity index (χ0v) is 19.3. The number of amides is 2. The van der Waals surface area contributed by atoms with Gasteiger partial charge in [-0.25, -0.2) is 4.79 Å². The number of piperazine rings is 1. The van der Waals surface area contributed by atoms with E-state index >= 15 is 0 Å². The molecule has 0 aromatic heterocycles. The first kappa shape index (κ1) is 23.5. The molecule has 29 heavy (non-hydrogen) atoms. The molecule has 0 saturated carbocycles. The molecule has 0 radical (unpaired) electrons. The predicted octanol–water partition coefficient (Wildman–Crippen LogP) is 3.28. The van der Waals surface area contributed by atoms with Crippen LogP contribution >= 0.6 is 15.9 Å². The molecule has 1 fully saturated rings. The zero-order valence-electron chi connectivity index (χ0n) is 17.7. The molecule has 1 aliphatic rings. The van der Waals surface area contributed by atoms with Crippen molar-refractivity contribution in [1.29, 1.82) is 0 Å². The molecule has 1 saturated heterocycles. The van der Waals surface area contributed by atoms with Crippen LogP contribution in [-0.4, -0.2) is 72.8 Å². The van der Waals surface area contributed by atoms with Crippen molar-refractivity contribution in [3.8, 4) is 5.75 Å². The van der Waals surface area contributed by atoms with E-state index in [1.165, 1.54) is 0 Å². The molecule has 1 aromatic carbocycles. The van der Waals surface area contributed by atoms with Gasteiger partial charge in [-0.05, 0) is 58.4 Å². The van der Waals surface area contributed by atoms with Crippen molar-refractivity contribution in [2.45, 2.75) is 45.8 Å². The van der Waals surface area contributed by atoms with Crippen molar-refractivity contribution >= 4 is 27.9 Å². The first-order valence-electron chi connectivity index (χ1n) is 10.0. The van der Waals surface area contributed by atoms with Gasteiger partial charge in [0.2, 0.25) is 5.91 Å². The monoisotopic (exact) mass is 469 g/mol. The summed E-state index contributed by atoms with van der Waals surface area (Å²) in [4.78, 5) is 28.5. The standard InChI is InChI=1S/C21H32BrN3O4/c1-16(23-20(27)29-21(2,3)4)19(26)25-13-11-24(12-14-25)10-5-15-28-18-8-6-17(22)7-9-18/h6-9,16H,5,10-15H2,1-4H3,(H,23,27)/t16-/m0/s1. The molecular weight excluding hydrogens is 438 g/mol. The molecule has 2 rings (SSSR count). The van der Waals surface area contributed by atoms with Crippen LogP contribution in [0.2, 0.25) is 0 Å². The Balaban J connectivity index is 1.64. The highest BCUT2D eigenvalue weighted by atomic mass is 79.9. The molecule has 1 aliphatic heterocycles. The van der Waals surface area contributed by atoms with E-state index < -0.39 is 17.7 Å². The normalized spacial score (nSPS) is 16.2. The van der Waals surface area contributed by atoms with Crippen molar-refractivity contribution in [2.75, 3.05) is 39.3 Å². The van der Waals surface area contributed by atoms with Gasteiger partial charge in [0.15, 0.2) is 0 Å². The minimum Gasteiger partial charge on any atom is -0.494 e. The number of ether oxygens (including phenoxy) is 2. The predicted molar refractivity (Wildman–Crippen MR) is 116 cm³/mol. The minimum atomic E-state index is -0.601. The summed E-state index contributed by atoms with van der Waals surface area (Å²) in [6.45, 7) is 11.6. The van der Waals surface area contributed by atoms with Crippen molar-refractivity contribution < 1.29 is 19.1 Å². The maximum Gasteiger partial charge on any atom is 0.408 e. The Hall–Kier alpha value is -1.80. The minimum absolute atomic E-state index is 0.0749. The lowest BCUT2D eigenvalue weighted by atomic mass is 10.2. The Morgan fingerprint density at radius 3 is 2.34 bits per heavy atom. The Labute approximate surface area is 181 Å². The van der Waals surface area contributed by atoms with Crippen LogP contribution in [0.25, 0.3) is 0 Å². The third-order valence-corrected chi connectivity index (χ3v) is 5.02. The number of halogens is 1. The van der Waals surface area contributed by atoms with Crippen LogP contribution in [0.1, 0.15) is 34.1 Å². The van der Waals surface area contributed by atoms with E-state index in [0.29, 0.717) is 19.7 Å². The van der Waals surface area contributed by atoms with Gasteiger partial charge in [0.05, 0.1) is 6.61 Å². The molecule has 0 spiro atoms. The lowest BCUT2D eigenvalue weighted by molar-refractivity contribution is -0.134. The summed E-state index contributed by atoms with van der Waals surface area (Å²) in [5.41, 5.74) is -0.584. The number of carbonyl (C=O) groups is 2. The van der Waals surface area contributed by atoms with Gasteiger partial charge in [0.25, 0.3) is 0 Å². The van der Waals surface area contributed by atoms with Gasteiger partial charge in [-0.15, -0.1) is 0 Å². The average Bonchev–Trinajstić information content (AvgIpc) is 2.65. The number of nitrogens with one attached hydrogen (secondary N) is 1. The van der Waals surface area contributed by atoms with Crippen LogP contribution in [0.3, 0.4) is 0 Å². The average molecular weight is 470 g/mol. The van der Waals surface area contributed by atoms with Crippen LogP contribution < -0.4 is 10.1 Å². The molecule has 1 atom stereocenters. The van der Waals surface area contributed by atoms with E-state index in [9.17, 15) is 9.59 Å². The summed E-state index contributed by atoms with van der Waals surface area (Å²) in [6, 6.07) is 7.21. The van der Waals surface area contributed by atoms with Gasteiger partial charge in [-0.2, -0.15) is 0 Å². The Kier molecular flexibility index (Phi) is 8.77. The summed E-state index contributed by atoms with van der Waals surface area (Å²) < 4.78 is 12.0. The van der Waals surface area contributed by atoms with Crippen LogP contribution in [-0.2, 0) is 9.53 Å². The molecule has 1 heterocycles. The number of benzene rings is 1. The van der Waals surface area contributed by atoms with Crippen LogP contribution in [0.5, 0.6) is 5.75 Å². The number of nitrogens with zero attached hydrogens (tertiary/aromatic N) is 2. The van der Waals surface area contributed by atoms with Gasteiger partial charge < -0.3 is 19.7 Å². The largest absolute Gasteiger partial charge is 0.494 e. The molecule has 0 bridgehead atoms. The molecule has 1 N–H and O–H groups in total. The number of hydrogen-bond acceptors (Lipinski definition) is 5. The maximum atomic E-state index is 12.6. The lowest BCUT2D eigenvalue weighted by Crippen LogP contribution is -2.54. The van der Waals surface area contributed by atoms with E-state index in [4.69, 9.17) is 9.47 Å². The summed E-state index contributed by atoms with van der Waals surface area (Å²) in [7, 11) is 0. The maximum absolute atomic E-state index is 12.6. The molecule has 0 unspecified atom stereocenters. The van der Waals surface area contributed by atoms with Gasteiger partial charge in [-0.1, -0.05) is 15.9 Å². The SMILES string of the molecule is C[C@H](NC(=O)OC(C)(C)C)C(=O)N1CCN(CCCOc2ccc(Br)cc2)CC1. The first-order valence-corrected chi connectivity index (χ1v) is 10.8. The zero-order chi connectivity index (χ0) is 21.4. The summed E-state index contributed by atoms with van der Waals surface area (Å²) in [5.74, 6) is 0.796. The van der Waals surface area contributed by atoms with E-state index in [-0.39, 0.29) is 5.91 Å². The van der Waals surface area contributed by atoms with Crippen molar-refractivity contribution in [3.63, 3.8) is 0 Å². The van der Waals surface area contributed by atoms with Gasteiger partial charge >= 0.3 is 6.09 Å². The van der Waals surface area contributed by atoms with E-state index in [1.54, 1.807) is 32.6 Å². The Morgan fingerprint density at radius 1 is 1.14 bits per heavy atom. The van der Waals surface area contributed by atoms with Crippen LogP contribution in [0.4, 0.5) is 4.79 Å². The van der Waals surface area contributed by atoms with Crippen molar-refractivity contribution in [2.24, 2.45) is 0 Å². The molecular formula is C21H32BrN3O4. The first-order chi connectivity index (χ1) is 13.6. The van der Waals surface area contributed by atoms with Crippen molar-refractivity contribution in [1.82, 2.24) is 15.1 Å². The Morgan fingerprint density at radius 2 is 1.76 bits per heavy atom. The second kappa shape index (κ2) is 10.8. The number of alkyl carbamates (subject to hydrolysis) is 1. The molecule has 2 amide bonds. The Bertz CT molecular complexity index is 667. The van der Waals surface area contributed by atoms with Crippen LogP contribution in [0, 0.1) is 0 Å². The smallest absolute Gasteiger partial charge is 0.408 e. The summed E-state index contributed by atoms with van der Waals surface area (Å²) >= 11 is 3.41. The quantitative estimate of drug-likeness (QED) is 0.620. The van der Waals surface area contributed by atoms with E-state index in [1.807, 2.05) is 24.3 Å². The fraction of sp³-hybridized carbons (Fsp3) is 0.619. The summed E-state index contributed by atoms with van der Waals surface area (Å²) in [6.07, 6.45) is 0.364. The highest BCUT2D eigenvalue weighted by Crippen LogP contribution is 2.16. The highest BCUT2D eigenvalue weighted by Gasteiger charge is 2.27. The van der Waals surface area contributed by atoms with Crippen molar-refractivity contribution in [3.05, 3.63) is 28.7 Å². The second-order valence-corrected chi connectivity index (χ2v) is 9.11. The van der Waals surface area contributed by atoms with Gasteiger partial charge in [0, 0.05) is 37.2 Å². The molecule has 0 aliphatic carbocycles. The fourth-order valence-electron chi connectivity index (χ4n) is 3.02. The third-order valence-electron chi connectivity index (χ3n) is 4.49. The van der Waals surface area contributed by atoms with Gasteiger partial charge in [-0.3, -0.25) is 9.69 Å². The molecule has 7 nitrogen and oxygen atoms in total. The van der Waals surface area contributed by atoms with Gasteiger partial charge in [0.1, 0.15) is 17.4 Å². The highest BCUT2D eigenvalue weighted by molar-refractivity contribution is 9.10. The van der Waals surface area contributed by atoms with E-state index in [2.05, 4.69) is 26.1 Å². The molecule has 1 aromatic rings. The second-order valence-electron chi connectivity index (χ2n) is 8.19. The fourth-order valence-corrected chi connectivity index (χ4v) is 3.29. The lowest BCUT2D eigenvalue weighted by Gasteiger charge is -2.36. The molecule has 162 valence electrons. The molecule has 8 heteroatoms. The topological polar surface area (TPSA) is 71.1 Å². The number of carbonyl (C=O) groups excluding carboxylic acids is 2. The number of hydrogen-bond donors (Lipinski definition) is 1. The number of rotatable bonds is 7. The summed E-state index contributed by atoms with van der Waals surface area (Å²) in [5, 5.41) is 2.62. The van der Waals surface area contributed by atoms with E-state index in [0.717, 1.165) is 36.3 Å².